The van der Waals surface area contributed by atoms with Gasteiger partial charge in [0.1, 0.15) is 5.75 Å². The van der Waals surface area contributed by atoms with Crippen LogP contribution in [0.4, 0.5) is 0 Å². The number of likely N-dealkylation sites (tertiary alicyclic amines) is 1. The number of hydrogen-bond acceptors (Lipinski definition) is 4. The van der Waals surface area contributed by atoms with Crippen molar-refractivity contribution in [2.75, 3.05) is 20.2 Å². The lowest BCUT2D eigenvalue weighted by Crippen LogP contribution is -2.29. The van der Waals surface area contributed by atoms with Gasteiger partial charge >= 0.3 is 0 Å². The fraction of sp³-hybridized carbons (Fsp3) is 0.500. The van der Waals surface area contributed by atoms with Gasteiger partial charge in [0.25, 0.3) is 0 Å². The zero-order valence-corrected chi connectivity index (χ0v) is 10.8. The number of ether oxygens (including phenoxy) is 1. The van der Waals surface area contributed by atoms with E-state index >= 15 is 0 Å². The van der Waals surface area contributed by atoms with Crippen molar-refractivity contribution in [1.82, 2.24) is 4.90 Å². The van der Waals surface area contributed by atoms with Crippen molar-refractivity contribution >= 4 is 0 Å². The standard InChI is InChI=1S/C14H18N2O2/c1-14(17)5-6-16(10-14)9-12-7-11(8-15)3-4-13(12)18-2/h3-4,7,17H,5-6,9-10H2,1-2H3. The Kier molecular flexibility index (Phi) is 3.55. The van der Waals surface area contributed by atoms with Crippen LogP contribution in [0.5, 0.6) is 5.75 Å². The minimum atomic E-state index is -0.597. The molecule has 0 amide bonds. The highest BCUT2D eigenvalue weighted by Gasteiger charge is 2.31. The number of benzene rings is 1. The van der Waals surface area contributed by atoms with Crippen molar-refractivity contribution in [2.45, 2.75) is 25.5 Å². The molecule has 0 spiro atoms. The maximum Gasteiger partial charge on any atom is 0.123 e. The second-order valence-electron chi connectivity index (χ2n) is 5.10. The van der Waals surface area contributed by atoms with Crippen LogP contribution < -0.4 is 4.74 Å². The third-order valence-electron chi connectivity index (χ3n) is 3.33. The lowest BCUT2D eigenvalue weighted by atomic mass is 10.1. The number of nitriles is 1. The lowest BCUT2D eigenvalue weighted by Gasteiger charge is -2.20. The molecular weight excluding hydrogens is 228 g/mol. The van der Waals surface area contributed by atoms with Gasteiger partial charge in [-0.15, -0.1) is 0 Å². The molecule has 0 saturated carbocycles. The van der Waals surface area contributed by atoms with Crippen molar-refractivity contribution < 1.29 is 9.84 Å². The maximum absolute atomic E-state index is 9.94. The number of rotatable bonds is 3. The van der Waals surface area contributed by atoms with E-state index in [1.807, 2.05) is 19.1 Å². The number of hydrogen-bond donors (Lipinski definition) is 1. The molecule has 1 fully saturated rings. The number of methoxy groups -OCH3 is 1. The monoisotopic (exact) mass is 246 g/mol. The normalized spacial score (nSPS) is 23.9. The Labute approximate surface area is 107 Å². The summed E-state index contributed by atoms with van der Waals surface area (Å²) in [6.07, 6.45) is 0.785. The molecule has 1 heterocycles. The predicted molar refractivity (Wildman–Crippen MR) is 68.2 cm³/mol. The summed E-state index contributed by atoms with van der Waals surface area (Å²) in [5.41, 5.74) is 1.03. The predicted octanol–water partition coefficient (Wildman–Crippen LogP) is 1.52. The molecule has 1 N–H and O–H groups in total. The quantitative estimate of drug-likeness (QED) is 0.878. The third-order valence-corrected chi connectivity index (χ3v) is 3.33. The average Bonchev–Trinajstić information content (AvgIpc) is 2.68. The molecule has 1 aromatic rings. The molecule has 0 bridgehead atoms. The lowest BCUT2D eigenvalue weighted by molar-refractivity contribution is 0.0678. The van der Waals surface area contributed by atoms with Crippen LogP contribution in [0, 0.1) is 11.3 Å². The molecule has 2 rings (SSSR count). The first-order valence-corrected chi connectivity index (χ1v) is 6.06. The Morgan fingerprint density at radius 1 is 1.56 bits per heavy atom. The fourth-order valence-electron chi connectivity index (χ4n) is 2.39. The Morgan fingerprint density at radius 3 is 2.89 bits per heavy atom. The number of nitrogens with zero attached hydrogens (tertiary/aromatic N) is 2. The SMILES string of the molecule is COc1ccc(C#N)cc1CN1CCC(C)(O)C1. The second-order valence-corrected chi connectivity index (χ2v) is 5.10. The van der Waals surface area contributed by atoms with Gasteiger partial charge in [-0.25, -0.2) is 0 Å². The van der Waals surface area contributed by atoms with Crippen LogP contribution in [0.3, 0.4) is 0 Å². The summed E-state index contributed by atoms with van der Waals surface area (Å²) < 4.78 is 5.31. The van der Waals surface area contributed by atoms with Crippen LogP contribution in [0.15, 0.2) is 18.2 Å². The third kappa shape index (κ3) is 2.81. The first kappa shape index (κ1) is 12.9. The van der Waals surface area contributed by atoms with Crippen molar-refractivity contribution in [3.63, 3.8) is 0 Å². The van der Waals surface area contributed by atoms with Gasteiger partial charge in [-0.1, -0.05) is 0 Å². The molecule has 0 aliphatic carbocycles. The number of aliphatic hydroxyl groups is 1. The van der Waals surface area contributed by atoms with Crippen molar-refractivity contribution in [3.8, 4) is 11.8 Å². The van der Waals surface area contributed by atoms with Crippen LogP contribution in [0.1, 0.15) is 24.5 Å². The van der Waals surface area contributed by atoms with E-state index in [1.165, 1.54) is 0 Å². The highest BCUT2D eigenvalue weighted by molar-refractivity contribution is 5.42. The smallest absolute Gasteiger partial charge is 0.123 e. The Bertz CT molecular complexity index is 477. The van der Waals surface area contributed by atoms with Crippen molar-refractivity contribution in [1.29, 1.82) is 5.26 Å². The van der Waals surface area contributed by atoms with E-state index in [0.717, 1.165) is 24.3 Å². The van der Waals surface area contributed by atoms with E-state index in [-0.39, 0.29) is 0 Å². The molecule has 0 radical (unpaired) electrons. The maximum atomic E-state index is 9.94. The molecular formula is C14H18N2O2. The van der Waals surface area contributed by atoms with E-state index in [1.54, 1.807) is 13.2 Å². The minimum Gasteiger partial charge on any atom is -0.496 e. The van der Waals surface area contributed by atoms with E-state index in [2.05, 4.69) is 11.0 Å². The molecule has 1 aromatic carbocycles. The summed E-state index contributed by atoms with van der Waals surface area (Å²) in [6.45, 7) is 4.09. The van der Waals surface area contributed by atoms with Gasteiger partial charge in [-0.05, 0) is 31.5 Å². The van der Waals surface area contributed by atoms with E-state index in [9.17, 15) is 5.11 Å². The van der Waals surface area contributed by atoms with E-state index in [4.69, 9.17) is 10.00 Å². The molecule has 1 aliphatic rings. The molecule has 0 aromatic heterocycles. The summed E-state index contributed by atoms with van der Waals surface area (Å²) in [6, 6.07) is 7.56. The van der Waals surface area contributed by atoms with Gasteiger partial charge in [0.2, 0.25) is 0 Å². The summed E-state index contributed by atoms with van der Waals surface area (Å²) >= 11 is 0. The molecule has 1 unspecified atom stereocenters. The van der Waals surface area contributed by atoms with Crippen molar-refractivity contribution in [2.24, 2.45) is 0 Å². The van der Waals surface area contributed by atoms with Crippen LogP contribution in [-0.2, 0) is 6.54 Å². The second kappa shape index (κ2) is 4.97. The van der Waals surface area contributed by atoms with E-state index in [0.29, 0.717) is 18.7 Å². The van der Waals surface area contributed by atoms with Crippen molar-refractivity contribution in [3.05, 3.63) is 29.3 Å². The van der Waals surface area contributed by atoms with Gasteiger partial charge in [0, 0.05) is 25.2 Å². The first-order chi connectivity index (χ1) is 8.54. The summed E-state index contributed by atoms with van der Waals surface area (Å²) in [5, 5.41) is 18.9. The average molecular weight is 246 g/mol. The zero-order valence-electron chi connectivity index (χ0n) is 10.8. The summed E-state index contributed by atoms with van der Waals surface area (Å²) in [7, 11) is 1.63. The Balaban J connectivity index is 2.16. The van der Waals surface area contributed by atoms with Crippen LogP contribution >= 0.6 is 0 Å². The van der Waals surface area contributed by atoms with Crippen LogP contribution in [-0.4, -0.2) is 35.8 Å². The topological polar surface area (TPSA) is 56.5 Å². The highest BCUT2D eigenvalue weighted by atomic mass is 16.5. The van der Waals surface area contributed by atoms with Gasteiger partial charge in [0.05, 0.1) is 24.3 Å². The molecule has 4 heteroatoms. The van der Waals surface area contributed by atoms with Gasteiger partial charge in [-0.2, -0.15) is 5.26 Å². The van der Waals surface area contributed by atoms with E-state index < -0.39 is 5.60 Å². The van der Waals surface area contributed by atoms with Crippen LogP contribution in [0.25, 0.3) is 0 Å². The largest absolute Gasteiger partial charge is 0.496 e. The summed E-state index contributed by atoms with van der Waals surface area (Å²) in [5.74, 6) is 0.792. The first-order valence-electron chi connectivity index (χ1n) is 6.06. The fourth-order valence-corrected chi connectivity index (χ4v) is 2.39. The number of β-amino-alcohol motifs (C(OH)–C–C–N with tert-alkyl or cyclic N) is 1. The molecule has 18 heavy (non-hydrogen) atoms. The Morgan fingerprint density at radius 2 is 2.33 bits per heavy atom. The van der Waals surface area contributed by atoms with Gasteiger partial charge < -0.3 is 9.84 Å². The van der Waals surface area contributed by atoms with Crippen LogP contribution in [0.2, 0.25) is 0 Å². The molecule has 1 saturated heterocycles. The molecule has 1 aliphatic heterocycles. The molecule has 1 atom stereocenters. The Hall–Kier alpha value is -1.57. The molecule has 96 valence electrons. The molecule has 4 nitrogen and oxygen atoms in total. The highest BCUT2D eigenvalue weighted by Crippen LogP contribution is 2.26. The minimum absolute atomic E-state index is 0.597. The zero-order chi connectivity index (χ0) is 13.2. The summed E-state index contributed by atoms with van der Waals surface area (Å²) in [4.78, 5) is 2.18. The van der Waals surface area contributed by atoms with Gasteiger partial charge in [0.15, 0.2) is 0 Å². The van der Waals surface area contributed by atoms with Gasteiger partial charge in [-0.3, -0.25) is 4.90 Å².